The lowest BCUT2D eigenvalue weighted by Crippen LogP contribution is -2.17. The van der Waals surface area contributed by atoms with Crippen molar-refractivity contribution in [3.63, 3.8) is 0 Å². The number of Topliss-reactive ketones (excluding diaryl/α,β-unsaturated/α-hetero) is 1. The number of rotatable bonds is 8. The molecule has 0 fully saturated rings. The van der Waals surface area contributed by atoms with Gasteiger partial charge in [-0.2, -0.15) is 0 Å². The van der Waals surface area contributed by atoms with Crippen LogP contribution in [0.2, 0.25) is 0 Å². The molecule has 0 bridgehead atoms. The Balaban J connectivity index is 2.29. The lowest BCUT2D eigenvalue weighted by molar-refractivity contribution is -0.138. The molecule has 0 spiro atoms. The maximum atomic E-state index is 12.8. The van der Waals surface area contributed by atoms with E-state index in [0.717, 1.165) is 12.0 Å². The second-order valence-corrected chi connectivity index (χ2v) is 6.34. The second kappa shape index (κ2) is 9.56. The summed E-state index contributed by atoms with van der Waals surface area (Å²) in [5.41, 5.74) is 1.20. The van der Waals surface area contributed by atoms with E-state index >= 15 is 0 Å². The van der Waals surface area contributed by atoms with Crippen molar-refractivity contribution in [1.29, 1.82) is 0 Å². The fraction of sp³-hybridized carbons (Fsp3) is 0.273. The number of hydrogen-bond donors (Lipinski definition) is 0. The van der Waals surface area contributed by atoms with E-state index in [9.17, 15) is 9.59 Å². The van der Waals surface area contributed by atoms with Gasteiger partial charge in [0.25, 0.3) is 0 Å². The van der Waals surface area contributed by atoms with E-state index in [4.69, 9.17) is 9.47 Å². The third kappa shape index (κ3) is 5.59. The summed E-state index contributed by atoms with van der Waals surface area (Å²) in [6, 6.07) is 15.9. The molecule has 2 aromatic carbocycles. The van der Waals surface area contributed by atoms with Gasteiger partial charge in [0.15, 0.2) is 5.78 Å². The summed E-state index contributed by atoms with van der Waals surface area (Å²) in [4.78, 5) is 25.3. The highest BCUT2D eigenvalue weighted by molar-refractivity contribution is 6.26. The van der Waals surface area contributed by atoms with Crippen LogP contribution in [0.4, 0.5) is 0 Å². The molecule has 2 aromatic rings. The molecular weight excluding hydrogens is 328 g/mol. The first-order valence-corrected chi connectivity index (χ1v) is 8.64. The minimum Gasteiger partial charge on any atom is -0.497 e. The van der Waals surface area contributed by atoms with Crippen molar-refractivity contribution in [2.24, 2.45) is 5.92 Å². The number of esters is 1. The normalized spacial score (nSPS) is 11.3. The molecule has 0 aromatic heterocycles. The highest BCUT2D eigenvalue weighted by Gasteiger charge is 2.21. The Hall–Kier alpha value is -2.88. The Morgan fingerprint density at radius 2 is 1.65 bits per heavy atom. The summed E-state index contributed by atoms with van der Waals surface area (Å²) in [6.07, 6.45) is 2.31. The predicted molar refractivity (Wildman–Crippen MR) is 102 cm³/mol. The smallest absolute Gasteiger partial charge is 0.342 e. The lowest BCUT2D eigenvalue weighted by Gasteiger charge is -2.10. The van der Waals surface area contributed by atoms with Crippen molar-refractivity contribution >= 4 is 17.8 Å². The Morgan fingerprint density at radius 1 is 1.00 bits per heavy atom. The molecule has 0 aliphatic heterocycles. The fourth-order valence-corrected chi connectivity index (χ4v) is 2.29. The highest BCUT2D eigenvalue weighted by Crippen LogP contribution is 2.18. The van der Waals surface area contributed by atoms with E-state index in [1.54, 1.807) is 61.7 Å². The van der Waals surface area contributed by atoms with Crippen molar-refractivity contribution < 1.29 is 19.1 Å². The van der Waals surface area contributed by atoms with Crippen LogP contribution < -0.4 is 4.74 Å². The zero-order valence-corrected chi connectivity index (χ0v) is 15.4. The topological polar surface area (TPSA) is 52.6 Å². The summed E-state index contributed by atoms with van der Waals surface area (Å²) >= 11 is 0. The standard InChI is InChI=1S/C22H24O4/c1-16(2)13-14-26-22(24)20(21(23)18-7-5-4-6-8-18)15-17-9-11-19(25-3)12-10-17/h4-12,15-16H,13-14H2,1-3H3. The maximum absolute atomic E-state index is 12.8. The van der Waals surface area contributed by atoms with Crippen LogP contribution in [0, 0.1) is 5.92 Å². The lowest BCUT2D eigenvalue weighted by atomic mass is 10.0. The van der Waals surface area contributed by atoms with Gasteiger partial charge in [-0.1, -0.05) is 56.3 Å². The molecule has 0 saturated heterocycles. The van der Waals surface area contributed by atoms with Crippen molar-refractivity contribution in [3.8, 4) is 5.75 Å². The van der Waals surface area contributed by atoms with Gasteiger partial charge in [-0.05, 0) is 36.1 Å². The minimum atomic E-state index is -0.602. The predicted octanol–water partition coefficient (Wildman–Crippen LogP) is 4.55. The molecule has 0 atom stereocenters. The van der Waals surface area contributed by atoms with Gasteiger partial charge in [0.2, 0.25) is 0 Å². The van der Waals surface area contributed by atoms with Crippen LogP contribution in [-0.2, 0) is 9.53 Å². The number of ketones is 1. The molecule has 0 unspecified atom stereocenters. The van der Waals surface area contributed by atoms with Crippen molar-refractivity contribution in [2.75, 3.05) is 13.7 Å². The molecule has 0 aliphatic rings. The molecule has 0 saturated carbocycles. The monoisotopic (exact) mass is 352 g/mol. The number of carbonyl (C=O) groups is 2. The molecular formula is C22H24O4. The number of carbonyl (C=O) groups excluding carboxylic acids is 2. The Morgan fingerprint density at radius 3 is 2.23 bits per heavy atom. The van der Waals surface area contributed by atoms with Crippen molar-refractivity contribution in [2.45, 2.75) is 20.3 Å². The number of benzene rings is 2. The van der Waals surface area contributed by atoms with Gasteiger partial charge in [-0.15, -0.1) is 0 Å². The molecule has 26 heavy (non-hydrogen) atoms. The second-order valence-electron chi connectivity index (χ2n) is 6.34. The molecule has 4 nitrogen and oxygen atoms in total. The summed E-state index contributed by atoms with van der Waals surface area (Å²) in [5, 5.41) is 0. The first-order chi connectivity index (χ1) is 12.5. The first kappa shape index (κ1) is 19.4. The van der Waals surface area contributed by atoms with E-state index < -0.39 is 5.97 Å². The highest BCUT2D eigenvalue weighted by atomic mass is 16.5. The van der Waals surface area contributed by atoms with Crippen molar-refractivity contribution in [3.05, 3.63) is 71.3 Å². The quantitative estimate of drug-likeness (QED) is 0.230. The molecule has 136 valence electrons. The average Bonchev–Trinajstić information content (AvgIpc) is 2.66. The van der Waals surface area contributed by atoms with Gasteiger partial charge in [0.1, 0.15) is 11.3 Å². The van der Waals surface area contributed by atoms with Crippen LogP contribution in [0.25, 0.3) is 6.08 Å². The van der Waals surface area contributed by atoms with Gasteiger partial charge in [0.05, 0.1) is 13.7 Å². The van der Waals surface area contributed by atoms with E-state index in [-0.39, 0.29) is 11.4 Å². The van der Waals surface area contributed by atoms with Gasteiger partial charge < -0.3 is 9.47 Å². The van der Waals surface area contributed by atoms with Crippen LogP contribution in [-0.4, -0.2) is 25.5 Å². The molecule has 0 N–H and O–H groups in total. The van der Waals surface area contributed by atoms with E-state index in [1.165, 1.54) is 0 Å². The maximum Gasteiger partial charge on any atom is 0.342 e. The van der Waals surface area contributed by atoms with Gasteiger partial charge in [-0.3, -0.25) is 4.79 Å². The molecule has 4 heteroatoms. The van der Waals surface area contributed by atoms with E-state index in [2.05, 4.69) is 13.8 Å². The fourth-order valence-electron chi connectivity index (χ4n) is 2.29. The van der Waals surface area contributed by atoms with Gasteiger partial charge in [-0.25, -0.2) is 4.79 Å². The minimum absolute atomic E-state index is 0.0186. The van der Waals surface area contributed by atoms with Gasteiger partial charge >= 0.3 is 5.97 Å². The zero-order chi connectivity index (χ0) is 18.9. The van der Waals surface area contributed by atoms with Crippen LogP contribution in [0.5, 0.6) is 5.75 Å². The van der Waals surface area contributed by atoms with E-state index in [0.29, 0.717) is 23.8 Å². The Labute approximate surface area is 154 Å². The molecule has 0 radical (unpaired) electrons. The molecule has 0 amide bonds. The summed E-state index contributed by atoms with van der Waals surface area (Å²) < 4.78 is 10.5. The summed E-state index contributed by atoms with van der Waals surface area (Å²) in [7, 11) is 1.58. The summed E-state index contributed by atoms with van der Waals surface area (Å²) in [5.74, 6) is 0.172. The number of hydrogen-bond acceptors (Lipinski definition) is 4. The van der Waals surface area contributed by atoms with Crippen LogP contribution in [0.1, 0.15) is 36.2 Å². The summed E-state index contributed by atoms with van der Waals surface area (Å²) in [6.45, 7) is 4.40. The molecule has 0 heterocycles. The zero-order valence-electron chi connectivity index (χ0n) is 15.4. The van der Waals surface area contributed by atoms with Crippen molar-refractivity contribution in [1.82, 2.24) is 0 Å². The number of methoxy groups -OCH3 is 1. The van der Waals surface area contributed by atoms with Crippen LogP contribution in [0.3, 0.4) is 0 Å². The first-order valence-electron chi connectivity index (χ1n) is 8.64. The number of ether oxygens (including phenoxy) is 2. The largest absolute Gasteiger partial charge is 0.497 e. The third-order valence-corrected chi connectivity index (χ3v) is 3.86. The average molecular weight is 352 g/mol. The molecule has 0 aliphatic carbocycles. The molecule has 2 rings (SSSR count). The Bertz CT molecular complexity index is 758. The SMILES string of the molecule is COc1ccc(C=C(C(=O)OCCC(C)C)C(=O)c2ccccc2)cc1. The van der Waals surface area contributed by atoms with Crippen LogP contribution >= 0.6 is 0 Å². The third-order valence-electron chi connectivity index (χ3n) is 3.86. The van der Waals surface area contributed by atoms with E-state index in [1.807, 2.05) is 6.07 Å². The van der Waals surface area contributed by atoms with Gasteiger partial charge in [0, 0.05) is 5.56 Å². The van der Waals surface area contributed by atoms with Crippen LogP contribution in [0.15, 0.2) is 60.2 Å². The Kier molecular flexibility index (Phi) is 7.15.